The van der Waals surface area contributed by atoms with E-state index in [0.29, 0.717) is 6.61 Å². The smallest absolute Gasteiger partial charge is 0.256 e. The fourth-order valence-electron chi connectivity index (χ4n) is 2.57. The van der Waals surface area contributed by atoms with E-state index in [-0.39, 0.29) is 5.91 Å². The summed E-state index contributed by atoms with van der Waals surface area (Å²) < 4.78 is 5.51. The van der Waals surface area contributed by atoms with Crippen LogP contribution in [0.15, 0.2) is 24.4 Å². The van der Waals surface area contributed by atoms with Crippen molar-refractivity contribution in [2.75, 3.05) is 32.8 Å². The highest BCUT2D eigenvalue weighted by molar-refractivity contribution is 6.07. The number of H-pyrrole nitrogens is 1. The molecule has 0 radical (unpaired) electrons. The summed E-state index contributed by atoms with van der Waals surface area (Å²) in [6.07, 6.45) is 1.80. The highest BCUT2D eigenvalue weighted by atomic mass is 16.5. The normalized spacial score (nSPS) is 15.6. The van der Waals surface area contributed by atoms with E-state index in [2.05, 4.69) is 10.3 Å². The van der Waals surface area contributed by atoms with Crippen LogP contribution >= 0.6 is 0 Å². The molecule has 1 aliphatic heterocycles. The molecule has 0 aliphatic carbocycles. The van der Waals surface area contributed by atoms with Crippen molar-refractivity contribution < 1.29 is 9.53 Å². The van der Waals surface area contributed by atoms with E-state index in [1.54, 1.807) is 6.20 Å². The molecular weight excluding hydrogens is 254 g/mol. The molecule has 2 aromatic rings. The molecule has 0 saturated carbocycles. The SMILES string of the molecule is CCOc1ccc2[nH]cc(C(=O)N3CCNCC3)c2c1. The Morgan fingerprint density at radius 2 is 2.15 bits per heavy atom. The first kappa shape index (κ1) is 13.0. The van der Waals surface area contributed by atoms with Crippen molar-refractivity contribution in [2.45, 2.75) is 6.92 Å². The fraction of sp³-hybridized carbons (Fsp3) is 0.400. The van der Waals surface area contributed by atoms with Gasteiger partial charge in [0, 0.05) is 43.3 Å². The van der Waals surface area contributed by atoms with Gasteiger partial charge in [-0.15, -0.1) is 0 Å². The number of benzene rings is 1. The molecule has 0 spiro atoms. The van der Waals surface area contributed by atoms with Gasteiger partial charge in [0.25, 0.3) is 5.91 Å². The molecule has 1 fully saturated rings. The Morgan fingerprint density at radius 1 is 1.35 bits per heavy atom. The van der Waals surface area contributed by atoms with E-state index in [1.165, 1.54) is 0 Å². The number of nitrogens with zero attached hydrogens (tertiary/aromatic N) is 1. The number of ether oxygens (including phenoxy) is 1. The molecule has 0 atom stereocenters. The van der Waals surface area contributed by atoms with Gasteiger partial charge in [-0.05, 0) is 25.1 Å². The molecule has 20 heavy (non-hydrogen) atoms. The molecule has 1 aliphatic rings. The average molecular weight is 273 g/mol. The zero-order chi connectivity index (χ0) is 13.9. The Labute approximate surface area is 117 Å². The van der Waals surface area contributed by atoms with Crippen LogP contribution in [-0.4, -0.2) is 48.6 Å². The second kappa shape index (κ2) is 5.54. The summed E-state index contributed by atoms with van der Waals surface area (Å²) >= 11 is 0. The number of carbonyl (C=O) groups excluding carboxylic acids is 1. The minimum Gasteiger partial charge on any atom is -0.494 e. The molecule has 2 N–H and O–H groups in total. The number of aromatic nitrogens is 1. The summed E-state index contributed by atoms with van der Waals surface area (Å²) in [5, 5.41) is 4.19. The Morgan fingerprint density at radius 3 is 2.90 bits per heavy atom. The lowest BCUT2D eigenvalue weighted by Gasteiger charge is -2.27. The third kappa shape index (κ3) is 2.36. The van der Waals surface area contributed by atoms with Gasteiger partial charge in [0.05, 0.1) is 12.2 Å². The molecule has 1 aromatic carbocycles. The average Bonchev–Trinajstić information content (AvgIpc) is 2.91. The van der Waals surface area contributed by atoms with Gasteiger partial charge in [0.15, 0.2) is 0 Å². The summed E-state index contributed by atoms with van der Waals surface area (Å²) in [7, 11) is 0. The van der Waals surface area contributed by atoms with Gasteiger partial charge >= 0.3 is 0 Å². The lowest BCUT2D eigenvalue weighted by atomic mass is 10.1. The van der Waals surface area contributed by atoms with Crippen molar-refractivity contribution in [3.8, 4) is 5.75 Å². The van der Waals surface area contributed by atoms with E-state index in [4.69, 9.17) is 4.74 Å². The van der Waals surface area contributed by atoms with Crippen LogP contribution in [0.25, 0.3) is 10.9 Å². The Balaban J connectivity index is 1.93. The van der Waals surface area contributed by atoms with Crippen molar-refractivity contribution in [3.63, 3.8) is 0 Å². The molecule has 5 nitrogen and oxygen atoms in total. The molecule has 2 heterocycles. The van der Waals surface area contributed by atoms with Gasteiger partial charge in [-0.25, -0.2) is 0 Å². The second-order valence-corrected chi connectivity index (χ2v) is 4.88. The lowest BCUT2D eigenvalue weighted by Crippen LogP contribution is -2.46. The van der Waals surface area contributed by atoms with Crippen LogP contribution in [0.5, 0.6) is 5.75 Å². The first-order valence-corrected chi connectivity index (χ1v) is 7.03. The molecule has 1 saturated heterocycles. The van der Waals surface area contributed by atoms with Gasteiger partial charge in [0.2, 0.25) is 0 Å². The van der Waals surface area contributed by atoms with Gasteiger partial charge in [-0.2, -0.15) is 0 Å². The number of hydrogen-bond donors (Lipinski definition) is 2. The monoisotopic (exact) mass is 273 g/mol. The van der Waals surface area contributed by atoms with Crippen LogP contribution in [0.1, 0.15) is 17.3 Å². The van der Waals surface area contributed by atoms with Crippen LogP contribution < -0.4 is 10.1 Å². The third-order valence-electron chi connectivity index (χ3n) is 3.60. The quantitative estimate of drug-likeness (QED) is 0.893. The predicted octanol–water partition coefficient (Wildman–Crippen LogP) is 1.61. The Hall–Kier alpha value is -2.01. The molecular formula is C15H19N3O2. The fourth-order valence-corrected chi connectivity index (χ4v) is 2.57. The van der Waals surface area contributed by atoms with Crippen molar-refractivity contribution in [3.05, 3.63) is 30.0 Å². The number of carbonyl (C=O) groups is 1. The highest BCUT2D eigenvalue weighted by Crippen LogP contribution is 2.25. The first-order chi connectivity index (χ1) is 9.79. The maximum atomic E-state index is 12.6. The van der Waals surface area contributed by atoms with Crippen LogP contribution in [0.3, 0.4) is 0 Å². The van der Waals surface area contributed by atoms with Gasteiger partial charge in [0.1, 0.15) is 5.75 Å². The third-order valence-corrected chi connectivity index (χ3v) is 3.60. The number of hydrogen-bond acceptors (Lipinski definition) is 3. The van der Waals surface area contributed by atoms with E-state index in [1.807, 2.05) is 30.0 Å². The van der Waals surface area contributed by atoms with Crippen LogP contribution in [0.2, 0.25) is 0 Å². The summed E-state index contributed by atoms with van der Waals surface area (Å²) in [4.78, 5) is 17.6. The standard InChI is InChI=1S/C15H19N3O2/c1-2-20-11-3-4-14-12(9-11)13(10-17-14)15(19)18-7-5-16-6-8-18/h3-4,9-10,16-17H,2,5-8H2,1H3. The van der Waals surface area contributed by atoms with Crippen LogP contribution in [-0.2, 0) is 0 Å². The van der Waals surface area contributed by atoms with Crippen molar-refractivity contribution >= 4 is 16.8 Å². The molecule has 106 valence electrons. The molecule has 1 amide bonds. The van der Waals surface area contributed by atoms with Crippen molar-refractivity contribution in [1.82, 2.24) is 15.2 Å². The maximum absolute atomic E-state index is 12.6. The minimum atomic E-state index is 0.0893. The number of amides is 1. The summed E-state index contributed by atoms with van der Waals surface area (Å²) in [5.74, 6) is 0.889. The zero-order valence-corrected chi connectivity index (χ0v) is 11.6. The van der Waals surface area contributed by atoms with E-state index >= 15 is 0 Å². The zero-order valence-electron chi connectivity index (χ0n) is 11.6. The highest BCUT2D eigenvalue weighted by Gasteiger charge is 2.20. The number of rotatable bonds is 3. The minimum absolute atomic E-state index is 0.0893. The van der Waals surface area contributed by atoms with E-state index in [9.17, 15) is 4.79 Å². The van der Waals surface area contributed by atoms with E-state index in [0.717, 1.165) is 48.4 Å². The topological polar surface area (TPSA) is 57.4 Å². The molecule has 3 rings (SSSR count). The molecule has 1 aromatic heterocycles. The van der Waals surface area contributed by atoms with Crippen molar-refractivity contribution in [1.29, 1.82) is 0 Å². The van der Waals surface area contributed by atoms with Crippen LogP contribution in [0, 0.1) is 0 Å². The van der Waals surface area contributed by atoms with Gasteiger partial charge in [-0.3, -0.25) is 4.79 Å². The molecule has 0 bridgehead atoms. The van der Waals surface area contributed by atoms with Crippen LogP contribution in [0.4, 0.5) is 0 Å². The van der Waals surface area contributed by atoms with Gasteiger partial charge < -0.3 is 19.9 Å². The molecule has 0 unspecified atom stereocenters. The Kier molecular flexibility index (Phi) is 3.60. The number of nitrogens with one attached hydrogen (secondary N) is 2. The van der Waals surface area contributed by atoms with E-state index < -0.39 is 0 Å². The number of aromatic amines is 1. The maximum Gasteiger partial charge on any atom is 0.256 e. The predicted molar refractivity (Wildman–Crippen MR) is 78.2 cm³/mol. The number of piperazine rings is 1. The molecule has 5 heteroatoms. The Bertz CT molecular complexity index is 615. The summed E-state index contributed by atoms with van der Waals surface area (Å²) in [5.41, 5.74) is 1.69. The largest absolute Gasteiger partial charge is 0.494 e. The summed E-state index contributed by atoms with van der Waals surface area (Å²) in [6, 6.07) is 5.81. The summed E-state index contributed by atoms with van der Waals surface area (Å²) in [6.45, 7) is 5.81. The number of fused-ring (bicyclic) bond motifs is 1. The lowest BCUT2D eigenvalue weighted by molar-refractivity contribution is 0.0738. The van der Waals surface area contributed by atoms with Crippen molar-refractivity contribution in [2.24, 2.45) is 0 Å². The van der Waals surface area contributed by atoms with Gasteiger partial charge in [-0.1, -0.05) is 0 Å². The first-order valence-electron chi connectivity index (χ1n) is 7.03. The second-order valence-electron chi connectivity index (χ2n) is 4.88.